The van der Waals surface area contributed by atoms with Crippen LogP contribution in [0.3, 0.4) is 0 Å². The molecule has 19 heavy (non-hydrogen) atoms. The first kappa shape index (κ1) is 15.2. The fourth-order valence-corrected chi connectivity index (χ4v) is 3.53. The molecule has 1 saturated heterocycles. The third-order valence-electron chi connectivity index (χ3n) is 3.72. The van der Waals surface area contributed by atoms with Crippen LogP contribution in [0.2, 0.25) is 0 Å². The number of rotatable bonds is 3. The van der Waals surface area contributed by atoms with Crippen LogP contribution in [0.15, 0.2) is 21.2 Å². The summed E-state index contributed by atoms with van der Waals surface area (Å²) < 4.78 is 2.03. The molecule has 1 aliphatic rings. The highest BCUT2D eigenvalue weighted by Crippen LogP contribution is 2.28. The Bertz CT molecular complexity index is 442. The van der Waals surface area contributed by atoms with Crippen LogP contribution in [0.4, 0.5) is 5.82 Å². The summed E-state index contributed by atoms with van der Waals surface area (Å²) in [6.07, 6.45) is 1.84. The van der Waals surface area contributed by atoms with Crippen LogP contribution in [0.5, 0.6) is 0 Å². The lowest BCUT2D eigenvalue weighted by Crippen LogP contribution is -2.57. The second-order valence-corrected chi connectivity index (χ2v) is 7.22. The van der Waals surface area contributed by atoms with Gasteiger partial charge in [0.05, 0.1) is 4.47 Å². The van der Waals surface area contributed by atoms with E-state index in [9.17, 15) is 0 Å². The van der Waals surface area contributed by atoms with Crippen LogP contribution in [0.1, 0.15) is 13.8 Å². The monoisotopic (exact) mass is 390 g/mol. The molecule has 4 nitrogen and oxygen atoms in total. The molecule has 6 heteroatoms. The first-order valence-electron chi connectivity index (χ1n) is 6.45. The average Bonchev–Trinajstić information content (AvgIpc) is 2.39. The van der Waals surface area contributed by atoms with Crippen molar-refractivity contribution in [3.63, 3.8) is 0 Å². The van der Waals surface area contributed by atoms with Crippen LogP contribution in [0, 0.1) is 0 Å². The molecule has 0 amide bonds. The van der Waals surface area contributed by atoms with Gasteiger partial charge in [-0.2, -0.15) is 0 Å². The molecule has 0 saturated carbocycles. The van der Waals surface area contributed by atoms with Gasteiger partial charge in [0.2, 0.25) is 0 Å². The Labute approximate surface area is 131 Å². The standard InChI is InChI=1S/C13H20Br2N4/c1-13(2,9-16)19-5-3-18(4-6-19)12-11(15)7-10(14)8-17-12/h7-8H,3-6,9,16H2,1-2H3. The van der Waals surface area contributed by atoms with Crippen molar-refractivity contribution in [2.75, 3.05) is 37.6 Å². The Morgan fingerprint density at radius 2 is 1.89 bits per heavy atom. The minimum absolute atomic E-state index is 0.0798. The van der Waals surface area contributed by atoms with Gasteiger partial charge in [-0.15, -0.1) is 0 Å². The van der Waals surface area contributed by atoms with Crippen LogP contribution in [0.25, 0.3) is 0 Å². The average molecular weight is 392 g/mol. The largest absolute Gasteiger partial charge is 0.353 e. The number of piperazine rings is 1. The van der Waals surface area contributed by atoms with Gasteiger partial charge in [0, 0.05) is 48.9 Å². The minimum atomic E-state index is 0.0798. The number of hydrogen-bond donors (Lipinski definition) is 1. The SMILES string of the molecule is CC(C)(CN)N1CCN(c2ncc(Br)cc2Br)CC1. The number of halogens is 2. The van der Waals surface area contributed by atoms with E-state index in [4.69, 9.17) is 5.73 Å². The predicted molar refractivity (Wildman–Crippen MR) is 86.6 cm³/mol. The zero-order valence-corrected chi connectivity index (χ0v) is 14.5. The summed E-state index contributed by atoms with van der Waals surface area (Å²) in [6, 6.07) is 2.04. The predicted octanol–water partition coefficient (Wildman–Crippen LogP) is 2.47. The molecule has 1 aliphatic heterocycles. The van der Waals surface area contributed by atoms with Gasteiger partial charge in [-0.05, 0) is 51.8 Å². The van der Waals surface area contributed by atoms with E-state index in [1.54, 1.807) is 0 Å². The number of hydrogen-bond acceptors (Lipinski definition) is 4. The molecule has 2 rings (SSSR count). The fraction of sp³-hybridized carbons (Fsp3) is 0.615. The first-order valence-corrected chi connectivity index (χ1v) is 8.04. The Morgan fingerprint density at radius 1 is 1.26 bits per heavy atom. The molecule has 0 spiro atoms. The fourth-order valence-electron chi connectivity index (χ4n) is 2.29. The van der Waals surface area contributed by atoms with Crippen molar-refractivity contribution in [2.24, 2.45) is 5.73 Å². The summed E-state index contributed by atoms with van der Waals surface area (Å²) in [7, 11) is 0. The maximum absolute atomic E-state index is 5.84. The van der Waals surface area contributed by atoms with Crippen molar-refractivity contribution < 1.29 is 0 Å². The third kappa shape index (κ3) is 3.48. The first-order chi connectivity index (χ1) is 8.94. The summed E-state index contributed by atoms with van der Waals surface area (Å²) in [5.41, 5.74) is 5.92. The number of aromatic nitrogens is 1. The number of nitrogens with two attached hydrogens (primary N) is 1. The second kappa shape index (κ2) is 6.08. The van der Waals surface area contributed by atoms with Crippen LogP contribution < -0.4 is 10.6 Å². The van der Waals surface area contributed by atoms with Gasteiger partial charge in [0.1, 0.15) is 5.82 Å². The van der Waals surface area contributed by atoms with Gasteiger partial charge in [0.25, 0.3) is 0 Å². The van der Waals surface area contributed by atoms with Crippen molar-refractivity contribution in [3.05, 3.63) is 21.2 Å². The van der Waals surface area contributed by atoms with Crippen molar-refractivity contribution in [2.45, 2.75) is 19.4 Å². The topological polar surface area (TPSA) is 45.4 Å². The van der Waals surface area contributed by atoms with E-state index in [0.29, 0.717) is 6.54 Å². The molecule has 0 aliphatic carbocycles. The van der Waals surface area contributed by atoms with Crippen molar-refractivity contribution >= 4 is 37.7 Å². The highest BCUT2D eigenvalue weighted by Gasteiger charge is 2.29. The van der Waals surface area contributed by atoms with E-state index in [2.05, 4.69) is 60.5 Å². The molecule has 0 bridgehead atoms. The lowest BCUT2D eigenvalue weighted by Gasteiger charge is -2.44. The summed E-state index contributed by atoms with van der Waals surface area (Å²) in [5, 5.41) is 0. The maximum Gasteiger partial charge on any atom is 0.143 e. The van der Waals surface area contributed by atoms with E-state index in [0.717, 1.165) is 40.9 Å². The van der Waals surface area contributed by atoms with Gasteiger partial charge >= 0.3 is 0 Å². The molecule has 2 N–H and O–H groups in total. The van der Waals surface area contributed by atoms with Gasteiger partial charge < -0.3 is 10.6 Å². The Kier molecular flexibility index (Phi) is 4.87. The number of anilines is 1. The van der Waals surface area contributed by atoms with E-state index in [1.165, 1.54) is 0 Å². The molecule has 2 heterocycles. The third-order valence-corrected chi connectivity index (χ3v) is 4.74. The minimum Gasteiger partial charge on any atom is -0.353 e. The maximum atomic E-state index is 5.84. The Balaban J connectivity index is 2.04. The van der Waals surface area contributed by atoms with Crippen LogP contribution in [-0.4, -0.2) is 48.1 Å². The Morgan fingerprint density at radius 3 is 2.42 bits per heavy atom. The lowest BCUT2D eigenvalue weighted by molar-refractivity contribution is 0.119. The van der Waals surface area contributed by atoms with Crippen LogP contribution in [-0.2, 0) is 0 Å². The van der Waals surface area contributed by atoms with Gasteiger partial charge in [-0.25, -0.2) is 4.98 Å². The van der Waals surface area contributed by atoms with Gasteiger partial charge in [0.15, 0.2) is 0 Å². The summed E-state index contributed by atoms with van der Waals surface area (Å²) in [6.45, 7) is 9.11. The molecule has 0 atom stereocenters. The zero-order valence-electron chi connectivity index (χ0n) is 11.4. The molecule has 0 unspecified atom stereocenters. The molecular weight excluding hydrogens is 372 g/mol. The second-order valence-electron chi connectivity index (χ2n) is 5.45. The quantitative estimate of drug-likeness (QED) is 0.859. The van der Waals surface area contributed by atoms with Gasteiger partial charge in [-0.3, -0.25) is 4.90 Å². The van der Waals surface area contributed by atoms with E-state index in [-0.39, 0.29) is 5.54 Å². The molecule has 1 aromatic rings. The summed E-state index contributed by atoms with van der Waals surface area (Å²) in [5.74, 6) is 1.02. The molecule has 1 fully saturated rings. The normalized spacial score (nSPS) is 17.8. The van der Waals surface area contributed by atoms with Gasteiger partial charge in [-0.1, -0.05) is 0 Å². The van der Waals surface area contributed by atoms with E-state index < -0.39 is 0 Å². The van der Waals surface area contributed by atoms with E-state index >= 15 is 0 Å². The number of nitrogens with zero attached hydrogens (tertiary/aromatic N) is 3. The molecule has 1 aromatic heterocycles. The zero-order chi connectivity index (χ0) is 14.0. The van der Waals surface area contributed by atoms with Crippen LogP contribution >= 0.6 is 31.9 Å². The van der Waals surface area contributed by atoms with E-state index in [1.807, 2.05) is 12.3 Å². The lowest BCUT2D eigenvalue weighted by atomic mass is 10.0. The van der Waals surface area contributed by atoms with Crippen molar-refractivity contribution in [1.82, 2.24) is 9.88 Å². The smallest absolute Gasteiger partial charge is 0.143 e. The summed E-state index contributed by atoms with van der Waals surface area (Å²) in [4.78, 5) is 9.27. The summed E-state index contributed by atoms with van der Waals surface area (Å²) >= 11 is 7.02. The van der Waals surface area contributed by atoms with Crippen molar-refractivity contribution in [1.29, 1.82) is 0 Å². The highest BCUT2D eigenvalue weighted by atomic mass is 79.9. The number of pyridine rings is 1. The Hall–Kier alpha value is -0.170. The highest BCUT2D eigenvalue weighted by molar-refractivity contribution is 9.11. The molecule has 0 aromatic carbocycles. The molecule has 106 valence electrons. The molecular formula is C13H20Br2N4. The van der Waals surface area contributed by atoms with Crippen molar-refractivity contribution in [3.8, 4) is 0 Å². The molecule has 0 radical (unpaired) electrons.